The summed E-state index contributed by atoms with van der Waals surface area (Å²) in [7, 11) is 1.63. The number of hydrogen-bond acceptors (Lipinski definition) is 3. The number of amides is 1. The number of carboxylic acid groups (broad SMARTS) is 1. The molecule has 0 fully saturated rings. The Kier molecular flexibility index (Phi) is 6.57. The van der Waals surface area contributed by atoms with Crippen LogP contribution in [0.5, 0.6) is 5.75 Å². The van der Waals surface area contributed by atoms with E-state index in [2.05, 4.69) is 12.2 Å². The van der Waals surface area contributed by atoms with E-state index in [0.29, 0.717) is 13.0 Å². The first-order chi connectivity index (χ1) is 12.0. The first kappa shape index (κ1) is 18.5. The van der Waals surface area contributed by atoms with E-state index in [4.69, 9.17) is 9.84 Å². The summed E-state index contributed by atoms with van der Waals surface area (Å²) in [6.45, 7) is 2.45. The third-order valence-corrected chi connectivity index (χ3v) is 4.20. The van der Waals surface area contributed by atoms with Crippen LogP contribution in [0.3, 0.4) is 0 Å². The van der Waals surface area contributed by atoms with Crippen molar-refractivity contribution in [3.05, 3.63) is 65.2 Å². The fraction of sp³-hybridized carbons (Fsp3) is 0.300. The second kappa shape index (κ2) is 8.87. The summed E-state index contributed by atoms with van der Waals surface area (Å²) < 4.78 is 5.16. The zero-order chi connectivity index (χ0) is 18.2. The number of nitrogens with one attached hydrogen (secondary N) is 1. The molecule has 0 heterocycles. The Labute approximate surface area is 147 Å². The maximum absolute atomic E-state index is 12.2. The normalized spacial score (nSPS) is 11.6. The lowest BCUT2D eigenvalue weighted by Gasteiger charge is -2.15. The molecular weight excluding hydrogens is 318 g/mol. The van der Waals surface area contributed by atoms with E-state index in [-0.39, 0.29) is 17.4 Å². The molecule has 2 aromatic carbocycles. The highest BCUT2D eigenvalue weighted by Gasteiger charge is 2.14. The van der Waals surface area contributed by atoms with Crippen molar-refractivity contribution in [2.24, 2.45) is 0 Å². The third-order valence-electron chi connectivity index (χ3n) is 4.20. The number of carbonyl (C=O) groups excluding carboxylic acids is 1. The quantitative estimate of drug-likeness (QED) is 0.769. The van der Waals surface area contributed by atoms with Gasteiger partial charge in [-0.05, 0) is 47.7 Å². The van der Waals surface area contributed by atoms with Gasteiger partial charge in [-0.15, -0.1) is 0 Å². The van der Waals surface area contributed by atoms with Crippen LogP contribution in [0.25, 0.3) is 0 Å². The fourth-order valence-electron chi connectivity index (χ4n) is 2.64. The number of rotatable bonds is 8. The average Bonchev–Trinajstić information content (AvgIpc) is 2.65. The molecule has 2 N–H and O–H groups in total. The van der Waals surface area contributed by atoms with Gasteiger partial charge in [-0.2, -0.15) is 0 Å². The predicted octanol–water partition coefficient (Wildman–Crippen LogP) is 3.59. The van der Waals surface area contributed by atoms with Gasteiger partial charge in [0.2, 0.25) is 5.91 Å². The minimum absolute atomic E-state index is 0.0232. The Morgan fingerprint density at radius 2 is 1.72 bits per heavy atom. The number of methoxy groups -OCH3 is 1. The highest BCUT2D eigenvalue weighted by molar-refractivity contribution is 5.87. The molecule has 5 heteroatoms. The maximum Gasteiger partial charge on any atom is 0.335 e. The molecule has 0 aliphatic rings. The van der Waals surface area contributed by atoms with Gasteiger partial charge < -0.3 is 15.2 Å². The van der Waals surface area contributed by atoms with Crippen LogP contribution >= 0.6 is 0 Å². The van der Waals surface area contributed by atoms with Gasteiger partial charge >= 0.3 is 5.97 Å². The van der Waals surface area contributed by atoms with Crippen LogP contribution in [0.2, 0.25) is 0 Å². The molecule has 0 bridgehead atoms. The molecule has 0 aliphatic heterocycles. The minimum atomic E-state index is -0.958. The fourth-order valence-corrected chi connectivity index (χ4v) is 2.64. The van der Waals surface area contributed by atoms with Gasteiger partial charge in [0, 0.05) is 13.0 Å². The number of hydrogen-bond donors (Lipinski definition) is 2. The summed E-state index contributed by atoms with van der Waals surface area (Å²) in [4.78, 5) is 23.1. The van der Waals surface area contributed by atoms with Gasteiger partial charge in [0.1, 0.15) is 5.75 Å². The monoisotopic (exact) mass is 341 g/mol. The van der Waals surface area contributed by atoms with Crippen molar-refractivity contribution in [3.63, 3.8) is 0 Å². The summed E-state index contributed by atoms with van der Waals surface area (Å²) in [5, 5.41) is 11.8. The molecule has 5 nitrogen and oxygen atoms in total. The van der Waals surface area contributed by atoms with Crippen LogP contribution in [0, 0.1) is 0 Å². The number of carbonyl (C=O) groups is 2. The highest BCUT2D eigenvalue weighted by atomic mass is 16.5. The SMILES string of the molecule is CCC(CC(=O)NCc1ccc(C(=O)O)cc1)c1ccc(OC)cc1. The Morgan fingerprint density at radius 1 is 1.08 bits per heavy atom. The summed E-state index contributed by atoms with van der Waals surface area (Å²) in [6.07, 6.45) is 1.28. The molecule has 25 heavy (non-hydrogen) atoms. The van der Waals surface area contributed by atoms with Crippen molar-refractivity contribution < 1.29 is 19.4 Å². The molecule has 0 aromatic heterocycles. The van der Waals surface area contributed by atoms with Gasteiger partial charge in [0.15, 0.2) is 0 Å². The molecule has 0 aliphatic carbocycles. The van der Waals surface area contributed by atoms with Crippen molar-refractivity contribution in [1.82, 2.24) is 5.32 Å². The van der Waals surface area contributed by atoms with E-state index in [1.807, 2.05) is 24.3 Å². The molecular formula is C20H23NO4. The predicted molar refractivity (Wildman–Crippen MR) is 95.9 cm³/mol. The van der Waals surface area contributed by atoms with E-state index in [1.165, 1.54) is 12.1 Å². The van der Waals surface area contributed by atoms with Gasteiger partial charge in [-0.1, -0.05) is 31.2 Å². The lowest BCUT2D eigenvalue weighted by Crippen LogP contribution is -2.24. The minimum Gasteiger partial charge on any atom is -0.497 e. The summed E-state index contributed by atoms with van der Waals surface area (Å²) >= 11 is 0. The van der Waals surface area contributed by atoms with E-state index >= 15 is 0 Å². The van der Waals surface area contributed by atoms with Gasteiger partial charge in [0.05, 0.1) is 12.7 Å². The Hall–Kier alpha value is -2.82. The Bertz CT molecular complexity index is 707. The van der Waals surface area contributed by atoms with Crippen LogP contribution in [0.1, 0.15) is 47.2 Å². The molecule has 132 valence electrons. The summed E-state index contributed by atoms with van der Waals surface area (Å²) in [5.74, 6) is -0.0287. The lowest BCUT2D eigenvalue weighted by atomic mass is 9.93. The van der Waals surface area contributed by atoms with Crippen LogP contribution in [-0.4, -0.2) is 24.1 Å². The Balaban J connectivity index is 1.89. The first-order valence-electron chi connectivity index (χ1n) is 8.26. The largest absolute Gasteiger partial charge is 0.497 e. The second-order valence-electron chi connectivity index (χ2n) is 5.86. The average molecular weight is 341 g/mol. The van der Waals surface area contributed by atoms with E-state index in [1.54, 1.807) is 19.2 Å². The molecule has 1 atom stereocenters. The molecule has 2 aromatic rings. The number of ether oxygens (including phenoxy) is 1. The number of aromatic carboxylic acids is 1. The van der Waals surface area contributed by atoms with E-state index < -0.39 is 5.97 Å². The van der Waals surface area contributed by atoms with Crippen LogP contribution < -0.4 is 10.1 Å². The first-order valence-corrected chi connectivity index (χ1v) is 8.26. The van der Waals surface area contributed by atoms with Crippen LogP contribution in [0.15, 0.2) is 48.5 Å². The molecule has 1 unspecified atom stereocenters. The smallest absolute Gasteiger partial charge is 0.335 e. The Morgan fingerprint density at radius 3 is 2.24 bits per heavy atom. The molecule has 2 rings (SSSR count). The maximum atomic E-state index is 12.2. The third kappa shape index (κ3) is 5.35. The van der Waals surface area contributed by atoms with Crippen molar-refractivity contribution in [3.8, 4) is 5.75 Å². The van der Waals surface area contributed by atoms with Crippen LogP contribution in [0.4, 0.5) is 0 Å². The van der Waals surface area contributed by atoms with Crippen LogP contribution in [-0.2, 0) is 11.3 Å². The summed E-state index contributed by atoms with van der Waals surface area (Å²) in [5.41, 5.74) is 2.22. The summed E-state index contributed by atoms with van der Waals surface area (Å²) in [6, 6.07) is 14.3. The van der Waals surface area contributed by atoms with E-state index in [0.717, 1.165) is 23.3 Å². The molecule has 0 radical (unpaired) electrons. The standard InChI is InChI=1S/C20H23NO4/c1-3-15(16-8-10-18(25-2)11-9-16)12-19(22)21-13-14-4-6-17(7-5-14)20(23)24/h4-11,15H,3,12-13H2,1-2H3,(H,21,22)(H,23,24). The van der Waals surface area contributed by atoms with Gasteiger partial charge in [-0.25, -0.2) is 4.79 Å². The zero-order valence-electron chi connectivity index (χ0n) is 14.5. The zero-order valence-corrected chi connectivity index (χ0v) is 14.5. The molecule has 1 amide bonds. The lowest BCUT2D eigenvalue weighted by molar-refractivity contribution is -0.121. The topological polar surface area (TPSA) is 75.6 Å². The van der Waals surface area contributed by atoms with Gasteiger partial charge in [0.25, 0.3) is 0 Å². The van der Waals surface area contributed by atoms with Crippen molar-refractivity contribution >= 4 is 11.9 Å². The molecule has 0 saturated carbocycles. The highest BCUT2D eigenvalue weighted by Crippen LogP contribution is 2.25. The van der Waals surface area contributed by atoms with Crippen molar-refractivity contribution in [2.45, 2.75) is 32.2 Å². The van der Waals surface area contributed by atoms with Gasteiger partial charge in [-0.3, -0.25) is 4.79 Å². The number of carboxylic acids is 1. The number of benzene rings is 2. The second-order valence-corrected chi connectivity index (χ2v) is 5.86. The van der Waals surface area contributed by atoms with E-state index in [9.17, 15) is 9.59 Å². The molecule has 0 saturated heterocycles. The van der Waals surface area contributed by atoms with Crippen molar-refractivity contribution in [2.75, 3.05) is 7.11 Å². The van der Waals surface area contributed by atoms with Crippen molar-refractivity contribution in [1.29, 1.82) is 0 Å². The molecule has 0 spiro atoms.